The molecular weight excluding hydrogens is 294 g/mol. The molecule has 0 heterocycles. The van der Waals surface area contributed by atoms with Crippen molar-refractivity contribution in [2.45, 2.75) is 24.6 Å². The number of alkyl halides is 2. The van der Waals surface area contributed by atoms with Crippen LogP contribution in [0.2, 0.25) is 0 Å². The summed E-state index contributed by atoms with van der Waals surface area (Å²) >= 11 is 12.0. The van der Waals surface area contributed by atoms with Crippen molar-refractivity contribution in [2.75, 3.05) is 0 Å². The summed E-state index contributed by atoms with van der Waals surface area (Å²) in [7, 11) is -4.45. The molecule has 3 nitrogen and oxygen atoms in total. The van der Waals surface area contributed by atoms with Crippen LogP contribution < -0.4 is 0 Å². The molecule has 0 saturated carbocycles. The van der Waals surface area contributed by atoms with Crippen LogP contribution in [-0.2, 0) is 4.57 Å². The Kier molecular flexibility index (Phi) is 5.45. The van der Waals surface area contributed by atoms with Gasteiger partial charge in [-0.25, -0.2) is 0 Å². The molecule has 0 aliphatic heterocycles. The summed E-state index contributed by atoms with van der Waals surface area (Å²) in [5.74, 6) is 0. The van der Waals surface area contributed by atoms with E-state index in [9.17, 15) is 14.4 Å². The van der Waals surface area contributed by atoms with E-state index in [4.69, 9.17) is 23.2 Å². The summed E-state index contributed by atoms with van der Waals surface area (Å²) in [4.78, 5) is 19.1. The summed E-state index contributed by atoms with van der Waals surface area (Å²) < 4.78 is 11.7. The molecule has 0 radical (unpaired) electrons. The van der Waals surface area contributed by atoms with Gasteiger partial charge >= 0.3 is 7.60 Å². The molecule has 2 unspecified atom stereocenters. The molecule has 0 aliphatic rings. The first kappa shape index (κ1) is 15.7. The molecule has 1 aromatic rings. The SMILES string of the molecule is CC(Cl)C(=C(c1ccccc1)P(=O)(O)O)C(C)Cl. The van der Waals surface area contributed by atoms with Crippen molar-refractivity contribution >= 4 is 36.1 Å². The minimum Gasteiger partial charge on any atom is -0.321 e. The molecule has 0 bridgehead atoms. The third-order valence-corrected chi connectivity index (χ3v) is 4.04. The zero-order valence-corrected chi connectivity index (χ0v) is 12.5. The standard InChI is InChI=1S/C12H15Cl2O3P/c1-8(13)11(9(2)14)12(18(15,16)17)10-6-4-3-5-7-10/h3-9H,1-2H3,(H2,15,16,17). The Morgan fingerprint density at radius 2 is 1.56 bits per heavy atom. The summed E-state index contributed by atoms with van der Waals surface area (Å²) in [6.45, 7) is 3.29. The van der Waals surface area contributed by atoms with Crippen molar-refractivity contribution in [3.8, 4) is 0 Å². The molecule has 0 aromatic heterocycles. The van der Waals surface area contributed by atoms with Crippen molar-refractivity contribution in [3.05, 3.63) is 41.5 Å². The normalized spacial score (nSPS) is 15.0. The third-order valence-electron chi connectivity index (χ3n) is 2.47. The number of benzene rings is 1. The molecule has 0 fully saturated rings. The molecule has 1 rings (SSSR count). The van der Waals surface area contributed by atoms with Gasteiger partial charge in [-0.15, -0.1) is 23.2 Å². The van der Waals surface area contributed by atoms with Crippen molar-refractivity contribution in [1.82, 2.24) is 0 Å². The molecule has 2 atom stereocenters. The highest BCUT2D eigenvalue weighted by atomic mass is 35.5. The second-order valence-corrected chi connectivity index (χ2v) is 6.79. The van der Waals surface area contributed by atoms with Crippen molar-refractivity contribution < 1.29 is 14.4 Å². The number of rotatable bonds is 4. The quantitative estimate of drug-likeness (QED) is 0.656. The van der Waals surface area contributed by atoms with E-state index < -0.39 is 18.3 Å². The maximum Gasteiger partial charge on any atom is 0.356 e. The van der Waals surface area contributed by atoms with Crippen LogP contribution in [0.3, 0.4) is 0 Å². The highest BCUT2D eigenvalue weighted by Gasteiger charge is 2.30. The van der Waals surface area contributed by atoms with Gasteiger partial charge in [0.2, 0.25) is 0 Å². The minimum absolute atomic E-state index is 0.0758. The Hall–Kier alpha value is -0.310. The van der Waals surface area contributed by atoms with Crippen molar-refractivity contribution in [2.24, 2.45) is 0 Å². The van der Waals surface area contributed by atoms with Gasteiger partial charge in [-0.2, -0.15) is 0 Å². The fraction of sp³-hybridized carbons (Fsp3) is 0.333. The van der Waals surface area contributed by atoms with Gasteiger partial charge in [0, 0.05) is 0 Å². The Morgan fingerprint density at radius 3 is 1.89 bits per heavy atom. The maximum absolute atomic E-state index is 11.7. The van der Waals surface area contributed by atoms with Crippen molar-refractivity contribution in [1.29, 1.82) is 0 Å². The van der Waals surface area contributed by atoms with Gasteiger partial charge in [0.1, 0.15) is 0 Å². The number of hydrogen-bond acceptors (Lipinski definition) is 1. The van der Waals surface area contributed by atoms with Gasteiger partial charge < -0.3 is 9.79 Å². The zero-order valence-electron chi connectivity index (χ0n) is 10.0. The van der Waals surface area contributed by atoms with Gasteiger partial charge in [0.25, 0.3) is 0 Å². The summed E-state index contributed by atoms with van der Waals surface area (Å²) in [6, 6.07) is 8.45. The van der Waals surface area contributed by atoms with E-state index in [1.807, 2.05) is 0 Å². The van der Waals surface area contributed by atoms with E-state index in [-0.39, 0.29) is 5.31 Å². The van der Waals surface area contributed by atoms with Crippen LogP contribution in [0.5, 0.6) is 0 Å². The monoisotopic (exact) mass is 308 g/mol. The maximum atomic E-state index is 11.7. The number of hydrogen-bond donors (Lipinski definition) is 2. The first-order valence-corrected chi connectivity index (χ1v) is 7.87. The summed E-state index contributed by atoms with van der Waals surface area (Å²) in [6.07, 6.45) is 0. The Morgan fingerprint density at radius 1 is 1.11 bits per heavy atom. The third kappa shape index (κ3) is 3.84. The average molecular weight is 309 g/mol. The first-order valence-electron chi connectivity index (χ1n) is 5.39. The summed E-state index contributed by atoms with van der Waals surface area (Å²) in [5, 5.41) is -1.19. The van der Waals surface area contributed by atoms with Crippen LogP contribution in [0, 0.1) is 0 Å². The smallest absolute Gasteiger partial charge is 0.321 e. The Bertz CT molecular complexity index is 467. The number of halogens is 2. The van der Waals surface area contributed by atoms with Crippen LogP contribution in [0.25, 0.3) is 5.31 Å². The first-order chi connectivity index (χ1) is 8.25. The topological polar surface area (TPSA) is 57.5 Å². The fourth-order valence-corrected chi connectivity index (χ4v) is 3.81. The molecule has 1 aromatic carbocycles. The molecule has 0 saturated heterocycles. The van der Waals surface area contributed by atoms with E-state index in [0.29, 0.717) is 11.1 Å². The molecule has 0 aliphatic carbocycles. The molecule has 100 valence electrons. The second kappa shape index (κ2) is 6.23. The van der Waals surface area contributed by atoms with Gasteiger partial charge in [-0.1, -0.05) is 30.3 Å². The van der Waals surface area contributed by atoms with E-state index in [1.165, 1.54) is 0 Å². The second-order valence-electron chi connectivity index (χ2n) is 3.95. The number of allylic oxidation sites excluding steroid dienone is 1. The Labute approximate surface area is 117 Å². The lowest BCUT2D eigenvalue weighted by Crippen LogP contribution is -2.11. The van der Waals surface area contributed by atoms with Gasteiger partial charge in [0.05, 0.1) is 16.1 Å². The van der Waals surface area contributed by atoms with E-state index in [1.54, 1.807) is 44.2 Å². The lowest BCUT2D eigenvalue weighted by molar-refractivity contribution is 0.388. The van der Waals surface area contributed by atoms with Gasteiger partial charge in [-0.05, 0) is 25.0 Å². The largest absolute Gasteiger partial charge is 0.356 e. The lowest BCUT2D eigenvalue weighted by Gasteiger charge is -2.20. The van der Waals surface area contributed by atoms with Gasteiger partial charge in [-0.3, -0.25) is 4.57 Å². The van der Waals surface area contributed by atoms with Crippen LogP contribution in [0.15, 0.2) is 35.9 Å². The molecule has 6 heteroatoms. The summed E-state index contributed by atoms with van der Waals surface area (Å²) in [5.41, 5.74) is 0.804. The molecule has 18 heavy (non-hydrogen) atoms. The van der Waals surface area contributed by atoms with E-state index in [2.05, 4.69) is 0 Å². The molecule has 2 N–H and O–H groups in total. The fourth-order valence-electron chi connectivity index (χ4n) is 1.79. The van der Waals surface area contributed by atoms with E-state index >= 15 is 0 Å². The minimum atomic E-state index is -4.45. The lowest BCUT2D eigenvalue weighted by atomic mass is 10.1. The predicted molar refractivity (Wildman–Crippen MR) is 76.0 cm³/mol. The Balaban J connectivity index is 3.57. The van der Waals surface area contributed by atoms with Crippen LogP contribution >= 0.6 is 30.8 Å². The zero-order chi connectivity index (χ0) is 13.9. The van der Waals surface area contributed by atoms with Crippen LogP contribution in [-0.4, -0.2) is 20.5 Å². The highest BCUT2D eigenvalue weighted by Crippen LogP contribution is 2.54. The average Bonchev–Trinajstić information content (AvgIpc) is 2.24. The molecule has 0 amide bonds. The predicted octanol–water partition coefficient (Wildman–Crippen LogP) is 3.83. The highest BCUT2D eigenvalue weighted by molar-refractivity contribution is 7.63. The molecule has 0 spiro atoms. The van der Waals surface area contributed by atoms with E-state index in [0.717, 1.165) is 0 Å². The van der Waals surface area contributed by atoms with Crippen LogP contribution in [0.4, 0.5) is 0 Å². The van der Waals surface area contributed by atoms with Crippen LogP contribution in [0.1, 0.15) is 19.4 Å². The van der Waals surface area contributed by atoms with Crippen molar-refractivity contribution in [3.63, 3.8) is 0 Å². The molecular formula is C12H15Cl2O3P. The van der Waals surface area contributed by atoms with Gasteiger partial charge in [0.15, 0.2) is 0 Å².